The summed E-state index contributed by atoms with van der Waals surface area (Å²) in [6.07, 6.45) is 3.36. The van der Waals surface area contributed by atoms with E-state index in [1.54, 1.807) is 7.11 Å². The topological polar surface area (TPSA) is 29.5 Å². The molecule has 1 aliphatic rings. The van der Waals surface area contributed by atoms with Gasteiger partial charge in [-0.3, -0.25) is 4.79 Å². The molecule has 1 atom stereocenters. The second kappa shape index (κ2) is 6.71. The summed E-state index contributed by atoms with van der Waals surface area (Å²) >= 11 is 0. The minimum atomic E-state index is 0.169. The molecule has 0 radical (unpaired) electrons. The van der Waals surface area contributed by atoms with Crippen LogP contribution < -0.4 is 0 Å². The molecule has 3 heteroatoms. The molecule has 104 valence electrons. The number of ether oxygens (including phenoxy) is 1. The molecule has 1 heterocycles. The lowest BCUT2D eigenvalue weighted by atomic mass is 9.94. The zero-order valence-electron chi connectivity index (χ0n) is 11.9. The highest BCUT2D eigenvalue weighted by atomic mass is 16.5. The van der Waals surface area contributed by atoms with E-state index in [1.807, 2.05) is 36.1 Å². The second-order valence-electron chi connectivity index (χ2n) is 5.41. The molecule has 0 bridgehead atoms. The molecule has 1 aromatic rings. The Bertz CT molecular complexity index is 413. The summed E-state index contributed by atoms with van der Waals surface area (Å²) in [6, 6.07) is 7.85. The van der Waals surface area contributed by atoms with Crippen LogP contribution in [0.4, 0.5) is 0 Å². The number of aryl methyl sites for hydroxylation is 1. The van der Waals surface area contributed by atoms with E-state index in [9.17, 15) is 4.79 Å². The fourth-order valence-electron chi connectivity index (χ4n) is 2.65. The quantitative estimate of drug-likeness (QED) is 0.834. The lowest BCUT2D eigenvalue weighted by Crippen LogP contribution is -2.40. The van der Waals surface area contributed by atoms with E-state index in [4.69, 9.17) is 4.74 Å². The highest BCUT2D eigenvalue weighted by Gasteiger charge is 2.24. The van der Waals surface area contributed by atoms with E-state index >= 15 is 0 Å². The first kappa shape index (κ1) is 14.1. The maximum atomic E-state index is 12.4. The van der Waals surface area contributed by atoms with Gasteiger partial charge in [0.15, 0.2) is 0 Å². The highest BCUT2D eigenvalue weighted by molar-refractivity contribution is 5.94. The summed E-state index contributed by atoms with van der Waals surface area (Å²) < 4.78 is 5.13. The van der Waals surface area contributed by atoms with Crippen LogP contribution in [0, 0.1) is 12.8 Å². The van der Waals surface area contributed by atoms with Crippen molar-refractivity contribution in [2.45, 2.75) is 26.2 Å². The zero-order chi connectivity index (χ0) is 13.7. The number of hydrogen-bond acceptors (Lipinski definition) is 2. The van der Waals surface area contributed by atoms with E-state index in [0.29, 0.717) is 5.92 Å². The number of piperidine rings is 1. The predicted molar refractivity (Wildman–Crippen MR) is 76.3 cm³/mol. The molecule has 1 aromatic carbocycles. The molecule has 1 amide bonds. The number of carbonyl (C=O) groups is 1. The molecule has 1 aliphatic heterocycles. The summed E-state index contributed by atoms with van der Waals surface area (Å²) in [4.78, 5) is 14.4. The number of benzene rings is 1. The van der Waals surface area contributed by atoms with Gasteiger partial charge in [-0.1, -0.05) is 17.7 Å². The Morgan fingerprint density at radius 1 is 1.37 bits per heavy atom. The number of methoxy groups -OCH3 is 1. The average Bonchev–Trinajstić information content (AvgIpc) is 2.45. The van der Waals surface area contributed by atoms with Crippen molar-refractivity contribution in [1.29, 1.82) is 0 Å². The first-order valence-electron chi connectivity index (χ1n) is 7.05. The van der Waals surface area contributed by atoms with Crippen LogP contribution >= 0.6 is 0 Å². The molecule has 0 saturated carbocycles. The van der Waals surface area contributed by atoms with E-state index in [1.165, 1.54) is 12.0 Å². The van der Waals surface area contributed by atoms with E-state index < -0.39 is 0 Å². The standard InChI is InChI=1S/C16H23NO2/c1-13-5-7-15(8-6-13)16(18)17-10-3-4-14(12-17)9-11-19-2/h5-8,14H,3-4,9-12H2,1-2H3. The molecule has 0 aliphatic carbocycles. The van der Waals surface area contributed by atoms with Gasteiger partial charge >= 0.3 is 0 Å². The summed E-state index contributed by atoms with van der Waals surface area (Å²) in [5.74, 6) is 0.755. The van der Waals surface area contributed by atoms with Gasteiger partial charge in [0, 0.05) is 32.4 Å². The summed E-state index contributed by atoms with van der Waals surface area (Å²) in [5.41, 5.74) is 1.99. The zero-order valence-corrected chi connectivity index (χ0v) is 11.9. The van der Waals surface area contributed by atoms with Gasteiger partial charge in [-0.25, -0.2) is 0 Å². The number of amides is 1. The third kappa shape index (κ3) is 3.80. The van der Waals surface area contributed by atoms with Crippen LogP contribution in [0.1, 0.15) is 35.2 Å². The van der Waals surface area contributed by atoms with Gasteiger partial charge in [0.2, 0.25) is 0 Å². The summed E-state index contributed by atoms with van der Waals surface area (Å²) in [5, 5.41) is 0. The van der Waals surface area contributed by atoms with Crippen molar-refractivity contribution in [3.8, 4) is 0 Å². The SMILES string of the molecule is COCCC1CCCN(C(=O)c2ccc(C)cc2)C1. The first-order valence-corrected chi connectivity index (χ1v) is 7.05. The number of hydrogen-bond donors (Lipinski definition) is 0. The Balaban J connectivity index is 1.96. The molecular weight excluding hydrogens is 238 g/mol. The van der Waals surface area contributed by atoms with Gasteiger partial charge < -0.3 is 9.64 Å². The fraction of sp³-hybridized carbons (Fsp3) is 0.562. The molecule has 0 spiro atoms. The maximum Gasteiger partial charge on any atom is 0.253 e. The van der Waals surface area contributed by atoms with Crippen LogP contribution in [-0.2, 0) is 4.74 Å². The minimum absolute atomic E-state index is 0.169. The highest BCUT2D eigenvalue weighted by Crippen LogP contribution is 2.21. The predicted octanol–water partition coefficient (Wildman–Crippen LogP) is 2.88. The molecule has 0 N–H and O–H groups in total. The molecule has 1 unspecified atom stereocenters. The van der Waals surface area contributed by atoms with Crippen molar-refractivity contribution in [2.24, 2.45) is 5.92 Å². The van der Waals surface area contributed by atoms with Crippen molar-refractivity contribution in [1.82, 2.24) is 4.90 Å². The summed E-state index contributed by atoms with van der Waals surface area (Å²) in [7, 11) is 1.73. The van der Waals surface area contributed by atoms with E-state index in [-0.39, 0.29) is 5.91 Å². The second-order valence-corrected chi connectivity index (χ2v) is 5.41. The van der Waals surface area contributed by atoms with Gasteiger partial charge in [0.1, 0.15) is 0 Å². The third-order valence-corrected chi connectivity index (χ3v) is 3.83. The molecule has 3 nitrogen and oxygen atoms in total. The van der Waals surface area contributed by atoms with E-state index in [0.717, 1.165) is 38.1 Å². The largest absolute Gasteiger partial charge is 0.385 e. The maximum absolute atomic E-state index is 12.4. The molecule has 19 heavy (non-hydrogen) atoms. The lowest BCUT2D eigenvalue weighted by molar-refractivity contribution is 0.0642. The molecular formula is C16H23NO2. The van der Waals surface area contributed by atoms with Crippen LogP contribution in [-0.4, -0.2) is 37.6 Å². The van der Waals surface area contributed by atoms with Crippen LogP contribution in [0.2, 0.25) is 0 Å². The van der Waals surface area contributed by atoms with Crippen LogP contribution in [0.25, 0.3) is 0 Å². The molecule has 1 saturated heterocycles. The Labute approximate surface area is 115 Å². The van der Waals surface area contributed by atoms with Crippen LogP contribution in [0.3, 0.4) is 0 Å². The van der Waals surface area contributed by atoms with Gasteiger partial charge in [-0.2, -0.15) is 0 Å². The Morgan fingerprint density at radius 3 is 2.79 bits per heavy atom. The Hall–Kier alpha value is -1.35. The minimum Gasteiger partial charge on any atom is -0.385 e. The smallest absolute Gasteiger partial charge is 0.253 e. The average molecular weight is 261 g/mol. The van der Waals surface area contributed by atoms with E-state index in [2.05, 4.69) is 0 Å². The number of rotatable bonds is 4. The Kier molecular flexibility index (Phi) is 4.97. The van der Waals surface area contributed by atoms with Gasteiger partial charge in [-0.15, -0.1) is 0 Å². The fourth-order valence-corrected chi connectivity index (χ4v) is 2.65. The monoisotopic (exact) mass is 261 g/mol. The molecule has 2 rings (SSSR count). The van der Waals surface area contributed by atoms with Crippen LogP contribution in [0.15, 0.2) is 24.3 Å². The van der Waals surface area contributed by atoms with Crippen molar-refractivity contribution in [3.05, 3.63) is 35.4 Å². The summed E-state index contributed by atoms with van der Waals surface area (Å²) in [6.45, 7) is 4.58. The van der Waals surface area contributed by atoms with Crippen molar-refractivity contribution in [3.63, 3.8) is 0 Å². The van der Waals surface area contributed by atoms with Gasteiger partial charge in [0.25, 0.3) is 5.91 Å². The van der Waals surface area contributed by atoms with Crippen molar-refractivity contribution < 1.29 is 9.53 Å². The van der Waals surface area contributed by atoms with Crippen molar-refractivity contribution in [2.75, 3.05) is 26.8 Å². The lowest BCUT2D eigenvalue weighted by Gasteiger charge is -2.32. The van der Waals surface area contributed by atoms with Crippen LogP contribution in [0.5, 0.6) is 0 Å². The first-order chi connectivity index (χ1) is 9.20. The number of carbonyl (C=O) groups excluding carboxylic acids is 1. The molecule has 1 fully saturated rings. The third-order valence-electron chi connectivity index (χ3n) is 3.83. The number of likely N-dealkylation sites (tertiary alicyclic amines) is 1. The normalized spacial score (nSPS) is 19.5. The number of nitrogens with zero attached hydrogens (tertiary/aromatic N) is 1. The van der Waals surface area contributed by atoms with Gasteiger partial charge in [0.05, 0.1) is 0 Å². The van der Waals surface area contributed by atoms with Gasteiger partial charge in [-0.05, 0) is 44.2 Å². The molecule has 0 aromatic heterocycles. The van der Waals surface area contributed by atoms with Crippen molar-refractivity contribution >= 4 is 5.91 Å². The Morgan fingerprint density at radius 2 is 2.11 bits per heavy atom.